The summed E-state index contributed by atoms with van der Waals surface area (Å²) in [5.41, 5.74) is 9.92. The van der Waals surface area contributed by atoms with Crippen LogP contribution in [0.25, 0.3) is 39.0 Å². The van der Waals surface area contributed by atoms with E-state index in [1.165, 1.54) is 16.7 Å². The van der Waals surface area contributed by atoms with E-state index in [-0.39, 0.29) is 26.5 Å². The van der Waals surface area contributed by atoms with Crippen LogP contribution in [0.15, 0.2) is 91.1 Å². The number of hydrogen-bond donors (Lipinski definition) is 0. The number of para-hydroxylation sites is 1. The molecule has 5 nitrogen and oxygen atoms in total. The first-order valence-electron chi connectivity index (χ1n) is 15.3. The van der Waals surface area contributed by atoms with Crippen LogP contribution in [0.4, 0.5) is 0 Å². The molecule has 0 atom stereocenters. The van der Waals surface area contributed by atoms with Gasteiger partial charge < -0.3 is 13.9 Å². The molecule has 0 aliphatic carbocycles. The number of aryl methyl sites for hydroxylation is 1. The van der Waals surface area contributed by atoms with Gasteiger partial charge >= 0.3 is 0 Å². The van der Waals surface area contributed by atoms with E-state index in [1.807, 2.05) is 35.0 Å². The molecule has 0 fully saturated rings. The first-order valence-corrected chi connectivity index (χ1v) is 15.3. The summed E-state index contributed by atoms with van der Waals surface area (Å²) in [6.45, 7) is 15.2. The van der Waals surface area contributed by atoms with Crippen molar-refractivity contribution >= 4 is 21.8 Å². The number of imidazole rings is 1. The molecular weight excluding hydrogens is 748 g/mol. The molecule has 7 rings (SSSR count). The van der Waals surface area contributed by atoms with Gasteiger partial charge in [-0.3, -0.25) is 4.57 Å². The molecule has 0 amide bonds. The average molecular weight is 784 g/mol. The molecule has 0 spiro atoms. The maximum Gasteiger partial charge on any atom is 0.267 e. The number of aromatic nitrogens is 4. The Morgan fingerprint density at radius 1 is 0.783 bits per heavy atom. The molecule has 46 heavy (non-hydrogen) atoms. The van der Waals surface area contributed by atoms with Gasteiger partial charge in [0.05, 0.1) is 11.4 Å². The molecule has 3 heterocycles. The van der Waals surface area contributed by atoms with Crippen LogP contribution >= 0.6 is 0 Å². The Bertz CT molecular complexity index is 2240. The van der Waals surface area contributed by atoms with E-state index in [0.717, 1.165) is 50.4 Å². The van der Waals surface area contributed by atoms with Crippen LogP contribution in [-0.4, -0.2) is 14.1 Å². The maximum atomic E-state index is 6.43. The van der Waals surface area contributed by atoms with Gasteiger partial charge in [-0.1, -0.05) is 62.2 Å². The molecule has 234 valence electrons. The number of pyridine rings is 1. The van der Waals surface area contributed by atoms with E-state index in [4.69, 9.17) is 9.72 Å². The standard InChI is InChI=1S/C40H36N4O.Pt/c1-26-12-10-17-36(27(26)2)43-25-42(28(3)29(43)4)31-13-11-14-32(23-31)45-33-18-19-35-34-15-8-9-16-37(34)44(38(35)24-33)39-22-30(20-21-41-39)40(5,6)7;/h8-22H,1-7H3;/q-2;. The summed E-state index contributed by atoms with van der Waals surface area (Å²) in [4.78, 5) is 4.79. The van der Waals surface area contributed by atoms with E-state index >= 15 is 0 Å². The minimum absolute atomic E-state index is 0. The first kappa shape index (κ1) is 31.5. The molecule has 0 radical (unpaired) electrons. The molecule has 4 aromatic carbocycles. The number of benzene rings is 4. The third-order valence-electron chi connectivity index (χ3n) is 8.82. The minimum atomic E-state index is 0. The third kappa shape index (κ3) is 5.47. The fourth-order valence-corrected chi connectivity index (χ4v) is 5.94. The predicted molar refractivity (Wildman–Crippen MR) is 180 cm³/mol. The Balaban J connectivity index is 0.00000372. The van der Waals surface area contributed by atoms with Crippen molar-refractivity contribution < 1.29 is 30.4 Å². The van der Waals surface area contributed by atoms with Crippen molar-refractivity contribution in [1.82, 2.24) is 14.1 Å². The van der Waals surface area contributed by atoms with Crippen molar-refractivity contribution in [2.75, 3.05) is 0 Å². The van der Waals surface area contributed by atoms with Crippen molar-refractivity contribution in [3.63, 3.8) is 0 Å². The van der Waals surface area contributed by atoms with Gasteiger partial charge in [-0.05, 0) is 79.6 Å². The second kappa shape index (κ2) is 12.0. The zero-order chi connectivity index (χ0) is 31.5. The van der Waals surface area contributed by atoms with Gasteiger partial charge in [0.15, 0.2) is 0 Å². The quantitative estimate of drug-likeness (QED) is 0.129. The van der Waals surface area contributed by atoms with E-state index in [2.05, 4.69) is 137 Å². The summed E-state index contributed by atoms with van der Waals surface area (Å²) in [6, 6.07) is 36.1. The summed E-state index contributed by atoms with van der Waals surface area (Å²) in [6.07, 6.45) is 5.44. The summed E-state index contributed by atoms with van der Waals surface area (Å²) in [5, 5.41) is 2.25. The molecule has 0 N–H and O–H groups in total. The largest absolute Gasteiger partial charge is 0.510 e. The topological polar surface area (TPSA) is 35.9 Å². The van der Waals surface area contributed by atoms with E-state index in [1.54, 1.807) is 0 Å². The third-order valence-corrected chi connectivity index (χ3v) is 8.82. The van der Waals surface area contributed by atoms with Crippen molar-refractivity contribution in [1.29, 1.82) is 0 Å². The molecule has 0 unspecified atom stereocenters. The molecular formula is C40H36N4OPt-2. The zero-order valence-corrected chi connectivity index (χ0v) is 29.4. The molecule has 0 saturated heterocycles. The van der Waals surface area contributed by atoms with Crippen LogP contribution in [0.2, 0.25) is 0 Å². The van der Waals surface area contributed by atoms with Gasteiger partial charge in [-0.15, -0.1) is 29.7 Å². The van der Waals surface area contributed by atoms with E-state index in [9.17, 15) is 0 Å². The molecule has 0 aliphatic rings. The summed E-state index contributed by atoms with van der Waals surface area (Å²) >= 11 is 0. The monoisotopic (exact) mass is 783 g/mol. The maximum absolute atomic E-state index is 6.43. The van der Waals surface area contributed by atoms with Crippen LogP contribution in [0, 0.1) is 46.2 Å². The average Bonchev–Trinajstić information content (AvgIpc) is 3.51. The number of hydrogen-bond acceptors (Lipinski definition) is 2. The smallest absolute Gasteiger partial charge is 0.267 e. The molecule has 7 aromatic rings. The molecule has 0 bridgehead atoms. The van der Waals surface area contributed by atoms with E-state index < -0.39 is 0 Å². The van der Waals surface area contributed by atoms with Gasteiger partial charge in [0.2, 0.25) is 0 Å². The normalized spacial score (nSPS) is 11.6. The molecule has 0 aliphatic heterocycles. The first-order chi connectivity index (χ1) is 21.6. The van der Waals surface area contributed by atoms with Gasteiger partial charge in [0.25, 0.3) is 6.33 Å². The number of fused-ring (bicyclic) bond motifs is 3. The van der Waals surface area contributed by atoms with Crippen molar-refractivity contribution in [2.45, 2.75) is 53.9 Å². The van der Waals surface area contributed by atoms with Crippen molar-refractivity contribution in [2.24, 2.45) is 0 Å². The van der Waals surface area contributed by atoms with Crippen LogP contribution in [0.5, 0.6) is 11.5 Å². The Kier molecular flexibility index (Phi) is 8.25. The van der Waals surface area contributed by atoms with Crippen LogP contribution in [0.1, 0.15) is 48.8 Å². The zero-order valence-electron chi connectivity index (χ0n) is 27.2. The predicted octanol–water partition coefficient (Wildman–Crippen LogP) is 8.97. The van der Waals surface area contributed by atoms with Crippen molar-refractivity contribution in [3.8, 4) is 28.7 Å². The Morgan fingerprint density at radius 3 is 2.35 bits per heavy atom. The SMILES string of the molecule is Cc1cccc(-[n+]2[c-]n(-c3[c-]c(Oc4[c-]c5c(cc4)c4ccccc4n5-c4cc(C(C)(C)C)ccn4)ccc3)c(C)c2C)c1C.[Pt]. The number of rotatable bonds is 5. The van der Waals surface area contributed by atoms with Gasteiger partial charge in [0.1, 0.15) is 5.82 Å². The summed E-state index contributed by atoms with van der Waals surface area (Å²) in [7, 11) is 0. The molecule has 3 aromatic heterocycles. The minimum Gasteiger partial charge on any atom is -0.510 e. The molecule has 6 heteroatoms. The van der Waals surface area contributed by atoms with Crippen LogP contribution < -0.4 is 9.30 Å². The number of ether oxygens (including phenoxy) is 1. The second-order valence-corrected chi connectivity index (χ2v) is 12.8. The Hall–Kier alpha value is -4.47. The second-order valence-electron chi connectivity index (χ2n) is 12.8. The summed E-state index contributed by atoms with van der Waals surface area (Å²) in [5.74, 6) is 2.08. The summed E-state index contributed by atoms with van der Waals surface area (Å²) < 4.78 is 12.8. The van der Waals surface area contributed by atoms with Crippen LogP contribution in [0.3, 0.4) is 0 Å². The Labute approximate surface area is 285 Å². The van der Waals surface area contributed by atoms with E-state index in [0.29, 0.717) is 11.5 Å². The fraction of sp³-hybridized carbons (Fsp3) is 0.200. The van der Waals surface area contributed by atoms with Crippen LogP contribution in [-0.2, 0) is 26.5 Å². The van der Waals surface area contributed by atoms with Gasteiger partial charge in [0, 0.05) is 50.0 Å². The Morgan fingerprint density at radius 2 is 1.54 bits per heavy atom. The van der Waals surface area contributed by atoms with Gasteiger partial charge in [-0.25, -0.2) is 4.98 Å². The van der Waals surface area contributed by atoms with Gasteiger partial charge in [-0.2, -0.15) is 18.2 Å². The fourth-order valence-electron chi connectivity index (χ4n) is 5.94. The number of nitrogens with zero attached hydrogens (tertiary/aromatic N) is 4. The van der Waals surface area contributed by atoms with Crippen molar-refractivity contribution in [3.05, 3.63) is 138 Å². The molecule has 0 saturated carbocycles.